The highest BCUT2D eigenvalue weighted by molar-refractivity contribution is 5.75. The number of hydrogen-bond acceptors (Lipinski definition) is 10. The summed E-state index contributed by atoms with van der Waals surface area (Å²) in [6, 6.07) is 6.35. The van der Waals surface area contributed by atoms with Gasteiger partial charge >= 0.3 is 0 Å². The predicted octanol–water partition coefficient (Wildman–Crippen LogP) is 0.798. The molecule has 3 rings (SSSR count). The molecule has 1 atom stereocenters. The molecule has 0 aromatic carbocycles. The number of allylic oxidation sites excluding steroid dienone is 2. The lowest BCUT2D eigenvalue weighted by atomic mass is 9.47. The standard InChI is InChI=1S/C20H22N6O2.4C2H6O/c1-13(27)25-7-4-19(5-8-25)17-10-26(14(2)28)6-3-15(17)16(9-21)18(24)20(19,11-22)12-23;4*1-2-3/h3,17H,4-8,10,24H2,1-2H3;4*3H,2H2,1H3. The summed E-state index contributed by atoms with van der Waals surface area (Å²) in [5, 5.41) is 60.2. The highest BCUT2D eigenvalue weighted by Crippen LogP contribution is 2.61. The maximum Gasteiger partial charge on any atom is 0.219 e. The smallest absolute Gasteiger partial charge is 0.219 e. The first-order valence-corrected chi connectivity index (χ1v) is 13.3. The normalized spacial score (nSPS) is 19.4. The first kappa shape index (κ1) is 38.7. The summed E-state index contributed by atoms with van der Waals surface area (Å²) in [6.07, 6.45) is 2.63. The van der Waals surface area contributed by atoms with E-state index in [1.54, 1.807) is 37.5 Å². The van der Waals surface area contributed by atoms with Crippen LogP contribution in [0.1, 0.15) is 54.4 Å². The quantitative estimate of drug-likeness (QED) is 0.279. The van der Waals surface area contributed by atoms with Crippen molar-refractivity contribution in [3.05, 3.63) is 22.9 Å². The van der Waals surface area contributed by atoms with Crippen LogP contribution in [0.15, 0.2) is 22.9 Å². The molecule has 0 saturated carbocycles. The van der Waals surface area contributed by atoms with Gasteiger partial charge in [0.1, 0.15) is 6.07 Å². The average Bonchev–Trinajstić information content (AvgIpc) is 2.92. The van der Waals surface area contributed by atoms with Crippen molar-refractivity contribution < 1.29 is 30.0 Å². The zero-order chi connectivity index (χ0) is 31.5. The summed E-state index contributed by atoms with van der Waals surface area (Å²) in [6.45, 7) is 12.2. The lowest BCUT2D eigenvalue weighted by Crippen LogP contribution is -2.61. The van der Waals surface area contributed by atoms with Gasteiger partial charge in [0.15, 0.2) is 5.41 Å². The largest absolute Gasteiger partial charge is 0.399 e. The molecule has 1 aliphatic carbocycles. The van der Waals surface area contributed by atoms with Crippen LogP contribution in [0.5, 0.6) is 0 Å². The molecular weight excluding hydrogens is 516 g/mol. The van der Waals surface area contributed by atoms with Crippen LogP contribution in [0, 0.1) is 50.7 Å². The van der Waals surface area contributed by atoms with Crippen LogP contribution in [-0.4, -0.2) is 94.6 Å². The molecular formula is C28H46N6O6. The van der Waals surface area contributed by atoms with Crippen molar-refractivity contribution in [2.75, 3.05) is 52.6 Å². The monoisotopic (exact) mass is 562 g/mol. The Morgan fingerprint density at radius 2 is 1.30 bits per heavy atom. The van der Waals surface area contributed by atoms with Crippen molar-refractivity contribution in [3.63, 3.8) is 0 Å². The average molecular weight is 563 g/mol. The molecule has 2 heterocycles. The number of likely N-dealkylation sites (tertiary alicyclic amines) is 1. The van der Waals surface area contributed by atoms with Gasteiger partial charge in [0.25, 0.3) is 0 Å². The molecule has 1 spiro atoms. The number of nitrogens with zero attached hydrogens (tertiary/aromatic N) is 5. The minimum Gasteiger partial charge on any atom is -0.399 e. The zero-order valence-electron chi connectivity index (χ0n) is 24.6. The number of aliphatic hydroxyl groups excluding tert-OH is 4. The zero-order valence-corrected chi connectivity index (χ0v) is 24.6. The van der Waals surface area contributed by atoms with Crippen LogP contribution < -0.4 is 5.73 Å². The third-order valence-corrected chi connectivity index (χ3v) is 6.68. The number of piperidine rings is 1. The first-order valence-electron chi connectivity index (χ1n) is 13.3. The van der Waals surface area contributed by atoms with Crippen LogP contribution in [0.3, 0.4) is 0 Å². The summed E-state index contributed by atoms with van der Waals surface area (Å²) in [5.41, 5.74) is 4.65. The van der Waals surface area contributed by atoms with E-state index in [9.17, 15) is 25.4 Å². The molecule has 6 N–H and O–H groups in total. The number of hydrogen-bond donors (Lipinski definition) is 5. The number of nitriles is 3. The lowest BCUT2D eigenvalue weighted by molar-refractivity contribution is -0.134. The molecule has 3 aliphatic rings. The lowest BCUT2D eigenvalue weighted by Gasteiger charge is -2.56. The maximum absolute atomic E-state index is 12.0. The second-order valence-corrected chi connectivity index (χ2v) is 8.94. The highest BCUT2D eigenvalue weighted by Gasteiger charge is 2.64. The Hall–Kier alpha value is -3.47. The van der Waals surface area contributed by atoms with Gasteiger partial charge in [-0.2, -0.15) is 15.8 Å². The minimum atomic E-state index is -1.68. The molecule has 0 aromatic rings. The van der Waals surface area contributed by atoms with E-state index in [0.29, 0.717) is 39.0 Å². The molecule has 12 heteroatoms. The van der Waals surface area contributed by atoms with E-state index in [0.717, 1.165) is 5.57 Å². The van der Waals surface area contributed by atoms with Gasteiger partial charge < -0.3 is 36.0 Å². The van der Waals surface area contributed by atoms with Crippen LogP contribution >= 0.6 is 0 Å². The fourth-order valence-electron chi connectivity index (χ4n) is 5.06. The minimum absolute atomic E-state index is 0.00458. The van der Waals surface area contributed by atoms with Gasteiger partial charge in [-0.15, -0.1) is 0 Å². The Morgan fingerprint density at radius 3 is 1.62 bits per heavy atom. The second-order valence-electron chi connectivity index (χ2n) is 8.94. The topological polar surface area (TPSA) is 219 Å². The molecule has 2 aliphatic heterocycles. The number of nitrogens with two attached hydrogens (primary N) is 1. The van der Waals surface area contributed by atoms with Gasteiger partial charge in [-0.1, -0.05) is 6.08 Å². The molecule has 12 nitrogen and oxygen atoms in total. The molecule has 0 radical (unpaired) electrons. The van der Waals surface area contributed by atoms with E-state index in [-0.39, 0.29) is 55.4 Å². The number of amides is 2. The van der Waals surface area contributed by atoms with Crippen LogP contribution in [0.25, 0.3) is 0 Å². The number of rotatable bonds is 0. The first-order chi connectivity index (χ1) is 18.9. The van der Waals surface area contributed by atoms with Gasteiger partial charge in [-0.3, -0.25) is 9.59 Å². The Bertz CT molecular complexity index is 974. The van der Waals surface area contributed by atoms with Crippen LogP contribution in [-0.2, 0) is 9.59 Å². The Balaban J connectivity index is 0. The summed E-state index contributed by atoms with van der Waals surface area (Å²) < 4.78 is 0. The second kappa shape index (κ2) is 19.6. The fourth-order valence-corrected chi connectivity index (χ4v) is 5.06. The molecule has 1 fully saturated rings. The van der Waals surface area contributed by atoms with E-state index < -0.39 is 10.8 Å². The number of aliphatic hydroxyl groups is 4. The molecule has 1 saturated heterocycles. The predicted molar refractivity (Wildman–Crippen MR) is 149 cm³/mol. The van der Waals surface area contributed by atoms with Crippen molar-refractivity contribution in [1.29, 1.82) is 15.8 Å². The summed E-state index contributed by atoms with van der Waals surface area (Å²) in [4.78, 5) is 27.2. The summed E-state index contributed by atoms with van der Waals surface area (Å²) in [7, 11) is 0. The molecule has 0 bridgehead atoms. The fraction of sp³-hybridized carbons (Fsp3) is 0.679. The van der Waals surface area contributed by atoms with Crippen molar-refractivity contribution >= 4 is 11.8 Å². The van der Waals surface area contributed by atoms with Gasteiger partial charge in [0.2, 0.25) is 11.8 Å². The van der Waals surface area contributed by atoms with E-state index >= 15 is 0 Å². The van der Waals surface area contributed by atoms with Crippen molar-refractivity contribution in [2.45, 2.75) is 54.4 Å². The van der Waals surface area contributed by atoms with Crippen molar-refractivity contribution in [2.24, 2.45) is 22.5 Å². The van der Waals surface area contributed by atoms with E-state index in [4.69, 9.17) is 26.2 Å². The molecule has 0 aromatic heterocycles. The molecule has 224 valence electrons. The Morgan fingerprint density at radius 1 is 0.900 bits per heavy atom. The molecule has 40 heavy (non-hydrogen) atoms. The summed E-state index contributed by atoms with van der Waals surface area (Å²) in [5.74, 6) is -0.524. The number of fused-ring (bicyclic) bond motifs is 2. The maximum atomic E-state index is 12.0. The number of carbonyl (C=O) groups is 2. The Labute approximate surface area is 238 Å². The SMILES string of the molecule is CC(=O)N1CCC2(CC1)C1CN(C(C)=O)CC=C1C(C#N)=C(N)C2(C#N)C#N.CCO.CCO.CCO.CCO. The van der Waals surface area contributed by atoms with E-state index in [2.05, 4.69) is 18.2 Å². The molecule has 1 unspecified atom stereocenters. The highest BCUT2D eigenvalue weighted by atomic mass is 16.3. The van der Waals surface area contributed by atoms with Crippen LogP contribution in [0.4, 0.5) is 0 Å². The van der Waals surface area contributed by atoms with Crippen molar-refractivity contribution in [3.8, 4) is 18.2 Å². The van der Waals surface area contributed by atoms with Crippen LogP contribution in [0.2, 0.25) is 0 Å². The number of carbonyl (C=O) groups excluding carboxylic acids is 2. The van der Waals surface area contributed by atoms with Gasteiger partial charge in [-0.05, 0) is 46.1 Å². The van der Waals surface area contributed by atoms with E-state index in [1.165, 1.54) is 13.8 Å². The third kappa shape index (κ3) is 8.77. The van der Waals surface area contributed by atoms with Gasteiger partial charge in [0, 0.05) is 77.8 Å². The van der Waals surface area contributed by atoms with E-state index in [1.807, 2.05) is 6.08 Å². The Kier molecular flexibility index (Phi) is 18.9. The molecule has 2 amide bonds. The summed E-state index contributed by atoms with van der Waals surface area (Å²) >= 11 is 0. The van der Waals surface area contributed by atoms with Gasteiger partial charge in [-0.25, -0.2) is 0 Å². The third-order valence-electron chi connectivity index (χ3n) is 6.68. The van der Waals surface area contributed by atoms with Crippen molar-refractivity contribution in [1.82, 2.24) is 9.80 Å². The van der Waals surface area contributed by atoms with Gasteiger partial charge in [0.05, 0.1) is 23.4 Å².